The maximum absolute atomic E-state index is 6.56. The summed E-state index contributed by atoms with van der Waals surface area (Å²) >= 11 is 2.40. The molecule has 1 aromatic carbocycles. The van der Waals surface area contributed by atoms with Gasteiger partial charge in [-0.15, -0.1) is 0 Å². The number of halogens is 1. The van der Waals surface area contributed by atoms with Crippen molar-refractivity contribution in [1.29, 1.82) is 0 Å². The number of benzene rings is 1. The van der Waals surface area contributed by atoms with Crippen molar-refractivity contribution in [2.75, 3.05) is 6.61 Å². The Labute approximate surface area is 129 Å². The van der Waals surface area contributed by atoms with Gasteiger partial charge in [0.1, 0.15) is 0 Å². The summed E-state index contributed by atoms with van der Waals surface area (Å²) in [6, 6.07) is 8.68. The highest BCUT2D eigenvalue weighted by molar-refractivity contribution is 14.1. The van der Waals surface area contributed by atoms with Gasteiger partial charge in [0, 0.05) is 16.2 Å². The van der Waals surface area contributed by atoms with Gasteiger partial charge in [-0.2, -0.15) is 0 Å². The van der Waals surface area contributed by atoms with Gasteiger partial charge >= 0.3 is 0 Å². The highest BCUT2D eigenvalue weighted by Gasteiger charge is 2.41. The maximum Gasteiger partial charge on any atom is 0.0685 e. The highest BCUT2D eigenvalue weighted by Crippen LogP contribution is 2.45. The molecular formula is C16H22INO. The zero-order valence-corrected chi connectivity index (χ0v) is 13.4. The van der Waals surface area contributed by atoms with Gasteiger partial charge in [-0.1, -0.05) is 31.0 Å². The van der Waals surface area contributed by atoms with Gasteiger partial charge in [0.15, 0.2) is 0 Å². The fourth-order valence-electron chi connectivity index (χ4n) is 3.74. The molecule has 1 spiro atoms. The normalized spacial score (nSPS) is 27.6. The molecule has 2 unspecified atom stereocenters. The predicted molar refractivity (Wildman–Crippen MR) is 86.0 cm³/mol. The van der Waals surface area contributed by atoms with E-state index < -0.39 is 0 Å². The lowest BCUT2D eigenvalue weighted by Gasteiger charge is -2.40. The van der Waals surface area contributed by atoms with E-state index in [4.69, 9.17) is 10.5 Å². The average Bonchev–Trinajstić information content (AvgIpc) is 2.86. The van der Waals surface area contributed by atoms with Crippen LogP contribution in [0.3, 0.4) is 0 Å². The first kappa shape index (κ1) is 13.8. The van der Waals surface area contributed by atoms with E-state index in [9.17, 15) is 0 Å². The molecule has 1 aromatic rings. The van der Waals surface area contributed by atoms with E-state index in [1.54, 1.807) is 0 Å². The average molecular weight is 371 g/mol. The fraction of sp³-hybridized carbons (Fsp3) is 0.625. The molecule has 104 valence electrons. The van der Waals surface area contributed by atoms with Crippen molar-refractivity contribution in [2.24, 2.45) is 11.7 Å². The molecule has 3 rings (SSSR count). The number of hydrogen-bond donors (Lipinski definition) is 1. The van der Waals surface area contributed by atoms with Crippen LogP contribution in [0.1, 0.15) is 50.1 Å². The maximum atomic E-state index is 6.56. The molecule has 1 saturated heterocycles. The number of nitrogens with two attached hydrogens (primary N) is 1. The Morgan fingerprint density at radius 3 is 2.74 bits per heavy atom. The molecule has 2 N–H and O–H groups in total. The van der Waals surface area contributed by atoms with Crippen molar-refractivity contribution < 1.29 is 4.74 Å². The zero-order valence-electron chi connectivity index (χ0n) is 11.3. The molecule has 3 heteroatoms. The third-order valence-corrected chi connectivity index (χ3v) is 5.80. The molecule has 2 aliphatic rings. The molecule has 0 radical (unpaired) electrons. The van der Waals surface area contributed by atoms with Gasteiger partial charge in [0.25, 0.3) is 0 Å². The van der Waals surface area contributed by atoms with Crippen molar-refractivity contribution in [3.8, 4) is 0 Å². The van der Waals surface area contributed by atoms with Gasteiger partial charge in [-0.25, -0.2) is 0 Å². The first-order valence-corrected chi connectivity index (χ1v) is 8.42. The Kier molecular flexibility index (Phi) is 4.15. The van der Waals surface area contributed by atoms with Crippen LogP contribution >= 0.6 is 22.6 Å². The van der Waals surface area contributed by atoms with Gasteiger partial charge in [0.2, 0.25) is 0 Å². The smallest absolute Gasteiger partial charge is 0.0685 e. The molecule has 1 saturated carbocycles. The summed E-state index contributed by atoms with van der Waals surface area (Å²) in [6.45, 7) is 0.891. The van der Waals surface area contributed by atoms with E-state index in [0.29, 0.717) is 5.92 Å². The minimum absolute atomic E-state index is 0.162. The highest BCUT2D eigenvalue weighted by atomic mass is 127. The second-order valence-electron chi connectivity index (χ2n) is 6.04. The summed E-state index contributed by atoms with van der Waals surface area (Å²) < 4.78 is 7.41. The summed E-state index contributed by atoms with van der Waals surface area (Å²) in [5.41, 5.74) is 8.04. The molecule has 19 heavy (non-hydrogen) atoms. The Hall–Kier alpha value is -0.130. The van der Waals surface area contributed by atoms with Gasteiger partial charge in [-0.3, -0.25) is 0 Å². The van der Waals surface area contributed by atoms with Gasteiger partial charge in [-0.05, 0) is 65.8 Å². The zero-order chi connectivity index (χ0) is 13.3. The van der Waals surface area contributed by atoms with Crippen molar-refractivity contribution in [3.63, 3.8) is 0 Å². The van der Waals surface area contributed by atoms with Crippen LogP contribution in [0.25, 0.3) is 0 Å². The van der Waals surface area contributed by atoms with Crippen LogP contribution in [0.5, 0.6) is 0 Å². The largest absolute Gasteiger partial charge is 0.375 e. The summed E-state index contributed by atoms with van der Waals surface area (Å²) in [4.78, 5) is 0. The van der Waals surface area contributed by atoms with Crippen molar-refractivity contribution in [2.45, 2.75) is 50.2 Å². The molecule has 0 bridgehead atoms. The quantitative estimate of drug-likeness (QED) is 0.797. The standard InChI is InChI=1S/C16H22INO/c17-14-6-2-1-5-13(14)15(18)12-7-10-19-16(11-12)8-3-4-9-16/h1-2,5-6,12,15H,3-4,7-11,18H2. The lowest BCUT2D eigenvalue weighted by Crippen LogP contribution is -2.40. The minimum atomic E-state index is 0.162. The van der Waals surface area contributed by atoms with Gasteiger partial charge < -0.3 is 10.5 Å². The third kappa shape index (κ3) is 2.83. The number of rotatable bonds is 2. The second kappa shape index (κ2) is 5.70. The van der Waals surface area contributed by atoms with Crippen LogP contribution in [0.15, 0.2) is 24.3 Å². The van der Waals surface area contributed by atoms with Crippen molar-refractivity contribution >= 4 is 22.6 Å². The van der Waals surface area contributed by atoms with Crippen LogP contribution in [-0.2, 0) is 4.74 Å². The van der Waals surface area contributed by atoms with E-state index in [1.807, 2.05) is 0 Å². The molecule has 1 heterocycles. The Balaban J connectivity index is 1.76. The van der Waals surface area contributed by atoms with Crippen molar-refractivity contribution in [1.82, 2.24) is 0 Å². The van der Waals surface area contributed by atoms with Crippen LogP contribution in [-0.4, -0.2) is 12.2 Å². The molecule has 0 amide bonds. The van der Waals surface area contributed by atoms with E-state index in [0.717, 1.165) is 19.4 Å². The lowest BCUT2D eigenvalue weighted by molar-refractivity contribution is -0.0964. The lowest BCUT2D eigenvalue weighted by atomic mass is 9.79. The molecular weight excluding hydrogens is 349 g/mol. The molecule has 2 nitrogen and oxygen atoms in total. The molecule has 1 aliphatic heterocycles. The van der Waals surface area contributed by atoms with E-state index in [-0.39, 0.29) is 11.6 Å². The van der Waals surface area contributed by atoms with Crippen LogP contribution in [0.4, 0.5) is 0 Å². The summed E-state index contributed by atoms with van der Waals surface area (Å²) in [5.74, 6) is 0.572. The third-order valence-electron chi connectivity index (χ3n) is 4.82. The SMILES string of the molecule is NC(c1ccccc1I)C1CCOC2(CCCC2)C1. The summed E-state index contributed by atoms with van der Waals surface area (Å²) in [5, 5.41) is 0. The fourth-order valence-corrected chi connectivity index (χ4v) is 4.49. The first-order chi connectivity index (χ1) is 9.20. The molecule has 2 atom stereocenters. The van der Waals surface area contributed by atoms with Crippen LogP contribution < -0.4 is 5.73 Å². The molecule has 2 fully saturated rings. The minimum Gasteiger partial charge on any atom is -0.375 e. The Morgan fingerprint density at radius 1 is 1.26 bits per heavy atom. The summed E-state index contributed by atoms with van der Waals surface area (Å²) in [7, 11) is 0. The Morgan fingerprint density at radius 2 is 2.00 bits per heavy atom. The monoisotopic (exact) mass is 371 g/mol. The summed E-state index contributed by atoms with van der Waals surface area (Å²) in [6.07, 6.45) is 7.38. The van der Waals surface area contributed by atoms with E-state index in [2.05, 4.69) is 46.9 Å². The van der Waals surface area contributed by atoms with Crippen LogP contribution in [0.2, 0.25) is 0 Å². The topological polar surface area (TPSA) is 35.2 Å². The molecule has 0 aromatic heterocycles. The van der Waals surface area contributed by atoms with Crippen molar-refractivity contribution in [3.05, 3.63) is 33.4 Å². The number of ether oxygens (including phenoxy) is 1. The second-order valence-corrected chi connectivity index (χ2v) is 7.20. The predicted octanol–water partition coefficient (Wildman–Crippen LogP) is 4.03. The van der Waals surface area contributed by atoms with E-state index >= 15 is 0 Å². The van der Waals surface area contributed by atoms with E-state index in [1.165, 1.54) is 34.8 Å². The van der Waals surface area contributed by atoms with Crippen LogP contribution in [0, 0.1) is 9.49 Å². The Bertz CT molecular complexity index is 442. The number of hydrogen-bond acceptors (Lipinski definition) is 2. The molecule has 1 aliphatic carbocycles. The van der Waals surface area contributed by atoms with Gasteiger partial charge in [0.05, 0.1) is 5.60 Å². The first-order valence-electron chi connectivity index (χ1n) is 7.34.